The number of hydrogen-bond acceptors (Lipinski definition) is 1. The fourth-order valence-electron chi connectivity index (χ4n) is 7.38. The van der Waals surface area contributed by atoms with Crippen LogP contribution in [0.3, 0.4) is 0 Å². The molecule has 1 saturated heterocycles. The molecule has 4 aliphatic rings. The molecule has 0 radical (unpaired) electrons. The van der Waals surface area contributed by atoms with Gasteiger partial charge in [0.25, 0.3) is 0 Å². The van der Waals surface area contributed by atoms with E-state index in [-0.39, 0.29) is 5.60 Å². The summed E-state index contributed by atoms with van der Waals surface area (Å²) in [5, 5.41) is 0. The monoisotopic (exact) mass is 304 g/mol. The summed E-state index contributed by atoms with van der Waals surface area (Å²) in [5.74, 6) is 3.03. The Morgan fingerprint density at radius 3 is 2.64 bits per heavy atom. The van der Waals surface area contributed by atoms with Gasteiger partial charge >= 0.3 is 0 Å². The summed E-state index contributed by atoms with van der Waals surface area (Å²) in [7, 11) is 0. The standard InChI is InChI=1S/C21H36O/c1-4-12-20(5-2)21(22-20)14-11-18-16(15-21)9-10-17-8-6-7-13-19(17,18)3/h16-18H,4-15H2,1-3H3/t16-,17+,18-,19-,20-,21+/m0/s1. The lowest BCUT2D eigenvalue weighted by molar-refractivity contribution is -0.0673. The van der Waals surface area contributed by atoms with Gasteiger partial charge in [-0.2, -0.15) is 0 Å². The number of hydrogen-bond donors (Lipinski definition) is 0. The molecule has 1 spiro atoms. The zero-order valence-corrected chi connectivity index (χ0v) is 15.1. The average molecular weight is 305 g/mol. The smallest absolute Gasteiger partial charge is 0.0982 e. The van der Waals surface area contributed by atoms with Crippen molar-refractivity contribution >= 4 is 0 Å². The zero-order chi connectivity index (χ0) is 15.4. The third kappa shape index (κ3) is 2.00. The van der Waals surface area contributed by atoms with Crippen molar-refractivity contribution in [2.75, 3.05) is 0 Å². The number of rotatable bonds is 3. The van der Waals surface area contributed by atoms with E-state index in [9.17, 15) is 0 Å². The summed E-state index contributed by atoms with van der Waals surface area (Å²) in [5.41, 5.74) is 1.26. The molecule has 22 heavy (non-hydrogen) atoms. The normalized spacial score (nSPS) is 53.9. The molecule has 0 N–H and O–H groups in total. The summed E-state index contributed by atoms with van der Waals surface area (Å²) in [6, 6.07) is 0. The molecule has 3 aliphatic carbocycles. The third-order valence-corrected chi connectivity index (χ3v) is 8.61. The second-order valence-corrected chi connectivity index (χ2v) is 9.33. The Balaban J connectivity index is 1.52. The van der Waals surface area contributed by atoms with Crippen molar-refractivity contribution < 1.29 is 4.74 Å². The first kappa shape index (κ1) is 15.5. The van der Waals surface area contributed by atoms with Gasteiger partial charge in [0.05, 0.1) is 11.2 Å². The summed E-state index contributed by atoms with van der Waals surface area (Å²) in [6.45, 7) is 7.35. The average Bonchev–Trinajstić information content (AvgIpc) is 3.13. The largest absolute Gasteiger partial charge is 0.363 e. The van der Waals surface area contributed by atoms with Crippen LogP contribution in [0.25, 0.3) is 0 Å². The van der Waals surface area contributed by atoms with E-state index in [4.69, 9.17) is 4.74 Å². The number of epoxide rings is 1. The minimum absolute atomic E-state index is 0.275. The maximum Gasteiger partial charge on any atom is 0.0982 e. The molecule has 0 amide bonds. The second-order valence-electron chi connectivity index (χ2n) is 9.33. The molecule has 0 unspecified atom stereocenters. The van der Waals surface area contributed by atoms with Crippen LogP contribution in [0.2, 0.25) is 0 Å². The van der Waals surface area contributed by atoms with Crippen LogP contribution in [0.1, 0.15) is 97.8 Å². The Kier molecular flexibility index (Phi) is 3.68. The molecule has 1 aliphatic heterocycles. The van der Waals surface area contributed by atoms with Gasteiger partial charge in [-0.1, -0.05) is 40.0 Å². The second kappa shape index (κ2) is 5.23. The van der Waals surface area contributed by atoms with E-state index in [1.54, 1.807) is 0 Å². The Labute approximate surface area is 137 Å². The lowest BCUT2D eigenvalue weighted by Crippen LogP contribution is -2.49. The van der Waals surface area contributed by atoms with Crippen LogP contribution in [-0.2, 0) is 4.74 Å². The molecule has 0 aromatic rings. The van der Waals surface area contributed by atoms with Gasteiger partial charge in [0.15, 0.2) is 0 Å². The van der Waals surface area contributed by atoms with Gasteiger partial charge in [0.1, 0.15) is 0 Å². The van der Waals surface area contributed by atoms with E-state index < -0.39 is 0 Å². The fraction of sp³-hybridized carbons (Fsp3) is 1.00. The molecule has 6 atom stereocenters. The Bertz CT molecular complexity index is 432. The lowest BCUT2D eigenvalue weighted by atomic mass is 9.48. The third-order valence-electron chi connectivity index (χ3n) is 8.61. The van der Waals surface area contributed by atoms with E-state index in [1.165, 1.54) is 77.0 Å². The Morgan fingerprint density at radius 1 is 1.00 bits per heavy atom. The van der Waals surface area contributed by atoms with Gasteiger partial charge in [-0.3, -0.25) is 0 Å². The molecule has 0 bridgehead atoms. The van der Waals surface area contributed by atoms with Crippen molar-refractivity contribution in [1.82, 2.24) is 0 Å². The van der Waals surface area contributed by atoms with E-state index in [0.29, 0.717) is 11.0 Å². The summed E-state index contributed by atoms with van der Waals surface area (Å²) >= 11 is 0. The number of ether oxygens (including phenoxy) is 1. The van der Waals surface area contributed by atoms with E-state index in [0.717, 1.165) is 17.8 Å². The van der Waals surface area contributed by atoms with Gasteiger partial charge in [0, 0.05) is 0 Å². The molecule has 3 saturated carbocycles. The summed E-state index contributed by atoms with van der Waals surface area (Å²) < 4.78 is 6.54. The molecule has 0 aromatic heterocycles. The van der Waals surface area contributed by atoms with Crippen molar-refractivity contribution in [3.05, 3.63) is 0 Å². The first-order valence-corrected chi connectivity index (χ1v) is 10.3. The van der Waals surface area contributed by atoms with Crippen molar-refractivity contribution in [2.24, 2.45) is 23.2 Å². The molecule has 4 rings (SSSR count). The SMILES string of the molecule is CCC[C@]1(CC)O[C@@]12CC[C@H]1[C@@H](CC[C@H]3CCCC[C@@]31C)C2. The topological polar surface area (TPSA) is 12.5 Å². The summed E-state index contributed by atoms with van der Waals surface area (Å²) in [4.78, 5) is 0. The Morgan fingerprint density at radius 2 is 1.86 bits per heavy atom. The van der Waals surface area contributed by atoms with Crippen molar-refractivity contribution in [3.63, 3.8) is 0 Å². The van der Waals surface area contributed by atoms with Gasteiger partial charge in [0.2, 0.25) is 0 Å². The molecule has 126 valence electrons. The van der Waals surface area contributed by atoms with Crippen molar-refractivity contribution in [2.45, 2.75) is 109 Å². The van der Waals surface area contributed by atoms with Crippen molar-refractivity contribution in [1.29, 1.82) is 0 Å². The Hall–Kier alpha value is -0.0400. The van der Waals surface area contributed by atoms with Crippen molar-refractivity contribution in [3.8, 4) is 0 Å². The minimum Gasteiger partial charge on any atom is -0.363 e. The van der Waals surface area contributed by atoms with Gasteiger partial charge < -0.3 is 4.74 Å². The quantitative estimate of drug-likeness (QED) is 0.573. The van der Waals surface area contributed by atoms with E-state index in [1.807, 2.05) is 0 Å². The van der Waals surface area contributed by atoms with Gasteiger partial charge in [-0.15, -0.1) is 0 Å². The van der Waals surface area contributed by atoms with Crippen LogP contribution in [0.15, 0.2) is 0 Å². The minimum atomic E-state index is 0.275. The molecule has 1 heterocycles. The maximum absolute atomic E-state index is 6.54. The predicted octanol–water partition coefficient (Wildman–Crippen LogP) is 6.11. The molecular formula is C21H36O. The molecule has 0 aromatic carbocycles. The van der Waals surface area contributed by atoms with Crippen LogP contribution in [-0.4, -0.2) is 11.2 Å². The zero-order valence-electron chi connectivity index (χ0n) is 15.1. The first-order chi connectivity index (χ1) is 10.6. The highest BCUT2D eigenvalue weighted by Crippen LogP contribution is 2.67. The highest BCUT2D eigenvalue weighted by atomic mass is 16.6. The molecule has 1 heteroatoms. The van der Waals surface area contributed by atoms with Gasteiger partial charge in [-0.05, 0) is 81.0 Å². The predicted molar refractivity (Wildman–Crippen MR) is 91.9 cm³/mol. The van der Waals surface area contributed by atoms with Crippen LogP contribution in [0.4, 0.5) is 0 Å². The fourth-order valence-corrected chi connectivity index (χ4v) is 7.38. The highest BCUT2D eigenvalue weighted by molar-refractivity contribution is 5.19. The summed E-state index contributed by atoms with van der Waals surface area (Å²) in [6.07, 6.45) is 17.1. The molecule has 1 nitrogen and oxygen atoms in total. The highest BCUT2D eigenvalue weighted by Gasteiger charge is 2.70. The van der Waals surface area contributed by atoms with Crippen LogP contribution >= 0.6 is 0 Å². The van der Waals surface area contributed by atoms with Crippen LogP contribution in [0, 0.1) is 23.2 Å². The van der Waals surface area contributed by atoms with Crippen LogP contribution < -0.4 is 0 Å². The number of fused-ring (bicyclic) bond motifs is 3. The van der Waals surface area contributed by atoms with E-state index >= 15 is 0 Å². The van der Waals surface area contributed by atoms with Crippen LogP contribution in [0.5, 0.6) is 0 Å². The first-order valence-electron chi connectivity index (χ1n) is 10.3. The molecule has 4 fully saturated rings. The van der Waals surface area contributed by atoms with Gasteiger partial charge in [-0.25, -0.2) is 0 Å². The van der Waals surface area contributed by atoms with E-state index in [2.05, 4.69) is 20.8 Å². The molecular weight excluding hydrogens is 268 g/mol. The maximum atomic E-state index is 6.54. The lowest BCUT2D eigenvalue weighted by Gasteiger charge is -2.56.